The number of rotatable bonds is 10. The van der Waals surface area contributed by atoms with Crippen molar-refractivity contribution in [1.29, 1.82) is 0 Å². The number of alkyl halides is 4. The van der Waals surface area contributed by atoms with Crippen molar-refractivity contribution in [1.82, 2.24) is 47.8 Å². The van der Waals surface area contributed by atoms with Gasteiger partial charge in [-0.05, 0) is 189 Å². The number of anilines is 10. The lowest BCUT2D eigenvalue weighted by Gasteiger charge is -2.43. The summed E-state index contributed by atoms with van der Waals surface area (Å²) in [5, 5.41) is 1.22. The van der Waals surface area contributed by atoms with Crippen molar-refractivity contribution in [3.05, 3.63) is 199 Å². The van der Waals surface area contributed by atoms with Crippen LogP contribution in [0.4, 0.5) is 76.4 Å². The van der Waals surface area contributed by atoms with E-state index < -0.39 is 46.6 Å². The van der Waals surface area contributed by atoms with Crippen LogP contribution in [-0.4, -0.2) is 155 Å². The molecule has 0 amide bonds. The number of aromatic nitrogens is 10. The first-order chi connectivity index (χ1) is 67.7. The van der Waals surface area contributed by atoms with E-state index in [0.29, 0.717) is 167 Å². The van der Waals surface area contributed by atoms with E-state index in [2.05, 4.69) is 60.4 Å². The molecule has 5 saturated carbocycles. The van der Waals surface area contributed by atoms with Crippen LogP contribution in [0.25, 0.3) is 55.6 Å². The molecule has 10 atom stereocenters. The quantitative estimate of drug-likeness (QED) is 0.0568. The van der Waals surface area contributed by atoms with Gasteiger partial charge in [0.1, 0.15) is 29.1 Å². The summed E-state index contributed by atoms with van der Waals surface area (Å²) in [5.41, 5.74) is 66.0. The predicted molar refractivity (Wildman–Crippen MR) is 569 cm³/mol. The van der Waals surface area contributed by atoms with Crippen LogP contribution in [0.1, 0.15) is 150 Å². The highest BCUT2D eigenvalue weighted by atomic mass is 35.5. The molecule has 0 bridgehead atoms. The summed E-state index contributed by atoms with van der Waals surface area (Å²) >= 11 is 24.8. The van der Waals surface area contributed by atoms with Crippen molar-refractivity contribution in [3.63, 3.8) is 0 Å². The summed E-state index contributed by atoms with van der Waals surface area (Å²) in [6.07, 6.45) is 16.1. The Labute approximate surface area is 851 Å². The maximum atomic E-state index is 14.4. The molecule has 5 aliphatic heterocycles. The molecule has 10 fully saturated rings. The average molecular weight is 2050 g/mol. The molecule has 20 rings (SSSR count). The van der Waals surface area contributed by atoms with E-state index in [4.69, 9.17) is 104 Å². The maximum Gasteiger partial charge on any atom is 0.265 e. The van der Waals surface area contributed by atoms with Gasteiger partial charge in [-0.2, -0.15) is 24.9 Å². The number of piperidine rings is 5. The standard InChI is InChI=1S/C21H25Cl2F2N5O.C21H27Cl2N5O.C21H27F2N5O.2C21H29N5O/c1-11-10-20(18(27)21(11,24)25)6-8-30(9-7-20)19-28-16(26)14(17(31)29(19)2)12-4-3-5-13(22)15(12)23;1-12-10-15(24)21(11-12)6-8-28(9-7-21)20-26-18(25)16(19(29)27(20)2)13-4-3-5-14(22)17(13)23;1-13-12-20(18(25)21(13,22)23)8-10-28(11-9-20)19-26-16(24)15(17(29)27(19)2)14-6-4-3-5-7-14;2*1-14-12-16(22)21(13-14)8-10-26(11-9-21)20-24-18(23)17(19(27)25(20)2)15-6-4-3-5-7-15/h3-5,11,18H,6-10,26-27H2,1-2H3;3-5,12,15H,6-11,24-25H2,1-2H3;3-7,13,18H,8-12,24-25H2,1-2H3;2*3-7,14,16H,8-13,22-23H2,1-2H3/t11-,18+;12-,15-;13-,18+;14-,16+;14-,16-/m11101/s1. The fraction of sp³-hybridized carbons (Fsp3) is 0.524. The van der Waals surface area contributed by atoms with E-state index in [1.54, 1.807) is 99.2 Å². The first-order valence-electron chi connectivity index (χ1n) is 49.9. The number of nitrogens with zero attached hydrogens (tertiary/aromatic N) is 15. The Bertz CT molecular complexity index is 6510. The van der Waals surface area contributed by atoms with E-state index >= 15 is 0 Å². The van der Waals surface area contributed by atoms with Gasteiger partial charge in [0.05, 0.1) is 60.0 Å². The second-order valence-electron chi connectivity index (χ2n) is 42.7. The molecule has 768 valence electrons. The van der Waals surface area contributed by atoms with Gasteiger partial charge in [-0.25, -0.2) is 17.6 Å². The molecule has 38 heteroatoms. The molecule has 5 aliphatic carbocycles. The Morgan fingerprint density at radius 1 is 0.294 bits per heavy atom. The molecule has 5 spiro atoms. The van der Waals surface area contributed by atoms with Crippen molar-refractivity contribution in [2.24, 2.45) is 121 Å². The molecule has 5 saturated heterocycles. The normalized spacial score (nSPS) is 24.6. The van der Waals surface area contributed by atoms with Crippen molar-refractivity contribution in [2.75, 3.05) is 119 Å². The Hall–Kier alpha value is -10.8. The monoisotopic (exact) mass is 2040 g/mol. The minimum atomic E-state index is -2.87. The maximum absolute atomic E-state index is 14.4. The number of halogens is 8. The van der Waals surface area contributed by atoms with Gasteiger partial charge in [0.25, 0.3) is 39.6 Å². The molecular weight excluding hydrogens is 1910 g/mol. The fourth-order valence-electron chi connectivity index (χ4n) is 25.5. The summed E-state index contributed by atoms with van der Waals surface area (Å²) in [7, 11) is 8.56. The van der Waals surface area contributed by atoms with Crippen molar-refractivity contribution in [2.45, 2.75) is 192 Å². The average Bonchev–Trinajstić information content (AvgIpc) is 1.59. The topological polar surface area (TPSA) is 451 Å². The minimum Gasteiger partial charge on any atom is -0.383 e. The number of nitrogens with two attached hydrogens (primary N) is 10. The van der Waals surface area contributed by atoms with Crippen LogP contribution in [0.5, 0.6) is 0 Å². The Kier molecular flexibility index (Phi) is 30.3. The summed E-state index contributed by atoms with van der Waals surface area (Å²) in [6.45, 7) is 17.1. The van der Waals surface area contributed by atoms with E-state index in [-0.39, 0.29) is 95.8 Å². The van der Waals surface area contributed by atoms with Gasteiger partial charge < -0.3 is 81.8 Å². The van der Waals surface area contributed by atoms with Crippen LogP contribution >= 0.6 is 46.4 Å². The highest BCUT2D eigenvalue weighted by Gasteiger charge is 2.63. The number of nitrogen functional groups attached to an aromatic ring is 5. The summed E-state index contributed by atoms with van der Waals surface area (Å²) in [6, 6.07) is 36.9. The molecule has 143 heavy (non-hydrogen) atoms. The zero-order valence-electron chi connectivity index (χ0n) is 83.2. The van der Waals surface area contributed by atoms with Gasteiger partial charge in [-0.1, -0.05) is 196 Å². The largest absolute Gasteiger partial charge is 0.383 e. The minimum absolute atomic E-state index is 0.0419. The second-order valence-corrected chi connectivity index (χ2v) is 44.3. The summed E-state index contributed by atoms with van der Waals surface area (Å²) < 4.78 is 65.2. The lowest BCUT2D eigenvalue weighted by Crippen LogP contribution is -2.53. The molecule has 10 heterocycles. The van der Waals surface area contributed by atoms with E-state index in [0.717, 1.165) is 114 Å². The van der Waals surface area contributed by atoms with E-state index in [1.807, 2.05) is 101 Å². The van der Waals surface area contributed by atoms with Gasteiger partial charge >= 0.3 is 0 Å². The predicted octanol–water partition coefficient (Wildman–Crippen LogP) is 15.0. The first-order valence-corrected chi connectivity index (χ1v) is 51.4. The van der Waals surface area contributed by atoms with Gasteiger partial charge in [-0.15, -0.1) is 0 Å². The molecule has 5 aromatic carbocycles. The smallest absolute Gasteiger partial charge is 0.265 e. The number of hydrogen-bond donors (Lipinski definition) is 10. The van der Waals surface area contributed by atoms with E-state index in [1.165, 1.54) is 28.4 Å². The van der Waals surface area contributed by atoms with Crippen LogP contribution in [0, 0.1) is 56.7 Å². The van der Waals surface area contributed by atoms with Crippen LogP contribution in [0.2, 0.25) is 20.1 Å². The van der Waals surface area contributed by atoms with Crippen molar-refractivity contribution in [3.8, 4) is 55.6 Å². The molecule has 20 N–H and O–H groups in total. The summed E-state index contributed by atoms with van der Waals surface area (Å²) in [5.74, 6) is -1.34. The zero-order chi connectivity index (χ0) is 103. The Balaban J connectivity index is 0.000000128. The highest BCUT2D eigenvalue weighted by Crippen LogP contribution is 2.58. The lowest BCUT2D eigenvalue weighted by molar-refractivity contribution is -0.0560. The van der Waals surface area contributed by atoms with Crippen molar-refractivity contribution < 1.29 is 17.6 Å². The van der Waals surface area contributed by atoms with Gasteiger partial charge in [0.15, 0.2) is 0 Å². The van der Waals surface area contributed by atoms with Gasteiger partial charge in [0.2, 0.25) is 29.7 Å². The second kappa shape index (κ2) is 41.2. The molecule has 0 unspecified atom stereocenters. The molecule has 30 nitrogen and oxygen atoms in total. The van der Waals surface area contributed by atoms with Crippen LogP contribution in [-0.2, 0) is 35.2 Å². The molecule has 10 aliphatic rings. The third kappa shape index (κ3) is 19.8. The van der Waals surface area contributed by atoms with Crippen molar-refractivity contribution >= 4 is 105 Å². The lowest BCUT2D eigenvalue weighted by atomic mass is 9.74. The third-order valence-corrected chi connectivity index (χ3v) is 35.4. The first kappa shape index (κ1) is 105. The highest BCUT2D eigenvalue weighted by molar-refractivity contribution is 6.44. The van der Waals surface area contributed by atoms with Gasteiger partial charge in [-0.3, -0.25) is 46.8 Å². The van der Waals surface area contributed by atoms with E-state index in [9.17, 15) is 41.5 Å². The number of hydrogen-bond acceptors (Lipinski definition) is 25. The molecule has 0 radical (unpaired) electrons. The number of benzene rings is 5. The van der Waals surface area contributed by atoms with Crippen LogP contribution in [0.3, 0.4) is 0 Å². The zero-order valence-corrected chi connectivity index (χ0v) is 86.3. The Morgan fingerprint density at radius 2 is 0.503 bits per heavy atom. The molecular formula is C105H137Cl4F4N25O5. The SMILES string of the molecule is C[C@@H]1CC2(CCN(c3nc(N)c(-c4cccc(Cl)c4Cl)c(=O)n3C)CC2)[C@H](N)C1(F)F.C[C@@H]1CC2(CCN(c3nc(N)c(-c4ccccc4)c(=O)n3C)CC2)[C@H](N)C1(F)F.C[C@@H]1C[C@@H](N)C2(CCN(c3nc(N)c(-c4cccc(Cl)c4Cl)c(=O)n3C)CC2)C1.C[C@@H]1C[C@@H](N)C2(CCN(c3nc(N)c(-c4ccccc4)c(=O)n3C)CC2)C1.C[C@H]1C[C@@H](N)C2(CCN(c3nc(N)c(-c4ccccc4)c(=O)n3C)CC2)C1. The molecule has 5 aromatic heterocycles. The van der Waals surface area contributed by atoms with Crippen LogP contribution in [0.15, 0.2) is 151 Å². The van der Waals surface area contributed by atoms with Gasteiger partial charge in [0, 0.05) is 142 Å². The third-order valence-electron chi connectivity index (χ3n) is 33.8. The fourth-order valence-corrected chi connectivity index (χ4v) is 26.3. The van der Waals surface area contributed by atoms with Crippen LogP contribution < -0.4 is 110 Å². The summed E-state index contributed by atoms with van der Waals surface area (Å²) in [4.78, 5) is 98.4. The Morgan fingerprint density at radius 3 is 0.706 bits per heavy atom. The molecule has 10 aromatic rings.